The lowest BCUT2D eigenvalue weighted by molar-refractivity contribution is 0.320. The van der Waals surface area contributed by atoms with E-state index in [0.717, 1.165) is 40.2 Å². The van der Waals surface area contributed by atoms with Gasteiger partial charge in [0.15, 0.2) is 0 Å². The molecular weight excluding hydrogens is 977 g/mol. The van der Waals surface area contributed by atoms with Crippen LogP contribution in [0.25, 0.3) is 125 Å². The van der Waals surface area contributed by atoms with Crippen molar-refractivity contribution in [1.82, 2.24) is 0 Å². The van der Waals surface area contributed by atoms with Gasteiger partial charge in [-0.05, 0) is 73.0 Å². The van der Waals surface area contributed by atoms with E-state index in [1.165, 1.54) is 114 Å². The summed E-state index contributed by atoms with van der Waals surface area (Å²) in [4.78, 5) is 0. The molecular formula is C68H50O2S4. The van der Waals surface area contributed by atoms with Crippen molar-refractivity contribution in [1.29, 1.82) is 0 Å². The molecule has 358 valence electrons. The van der Waals surface area contributed by atoms with E-state index in [0.29, 0.717) is 13.2 Å². The molecule has 14 rings (SSSR count). The molecule has 0 aliphatic heterocycles. The standard InChI is InChI=1S/C68H50O2S4/c1-5-35-70-63-56(52-29-17-25-48-44-21-9-13-33-60(44)73-66(48)52)38-41(39-57(63)53-30-18-26-49-45-22-10-14-34-61(45)74-67(49)53)68(3,4)40-36-54(50-27-15-23-46-42-19-7-11-31-58(42)71-64(46)50)62(69-6-2)55(37-40)51-28-16-24-47-43-20-8-12-32-59(43)72-65(47)51/h7-34,36-39H,5-6,35H2,1-4H3. The Morgan fingerprint density at radius 1 is 0.324 bits per heavy atom. The van der Waals surface area contributed by atoms with Gasteiger partial charge in [-0.1, -0.05) is 166 Å². The fourth-order valence-electron chi connectivity index (χ4n) is 11.4. The fraction of sp³-hybridized carbons (Fsp3) is 0.118. The zero-order chi connectivity index (χ0) is 49.7. The first-order chi connectivity index (χ1) is 36.4. The van der Waals surface area contributed by atoms with Crippen LogP contribution in [0.15, 0.2) is 194 Å². The highest BCUT2D eigenvalue weighted by atomic mass is 32.1. The monoisotopic (exact) mass is 1030 g/mol. The van der Waals surface area contributed by atoms with Gasteiger partial charge in [0.2, 0.25) is 0 Å². The van der Waals surface area contributed by atoms with Gasteiger partial charge in [0.1, 0.15) is 11.5 Å². The Labute approximate surface area is 446 Å². The molecule has 0 atom stereocenters. The molecule has 0 unspecified atom stereocenters. The van der Waals surface area contributed by atoms with Crippen molar-refractivity contribution in [3.8, 4) is 56.0 Å². The van der Waals surface area contributed by atoms with Crippen molar-refractivity contribution in [3.05, 3.63) is 205 Å². The molecule has 0 bridgehead atoms. The van der Waals surface area contributed by atoms with Crippen LogP contribution in [0.5, 0.6) is 11.5 Å². The highest BCUT2D eigenvalue weighted by Gasteiger charge is 2.32. The summed E-state index contributed by atoms with van der Waals surface area (Å²) in [6.07, 6.45) is 0.892. The van der Waals surface area contributed by atoms with Gasteiger partial charge in [0.05, 0.1) is 13.2 Å². The van der Waals surface area contributed by atoms with Gasteiger partial charge in [-0.3, -0.25) is 0 Å². The van der Waals surface area contributed by atoms with E-state index < -0.39 is 5.41 Å². The maximum atomic E-state index is 7.17. The molecule has 0 radical (unpaired) electrons. The molecule has 6 heteroatoms. The smallest absolute Gasteiger partial charge is 0.135 e. The minimum absolute atomic E-state index is 0.534. The molecule has 0 amide bonds. The summed E-state index contributed by atoms with van der Waals surface area (Å²) in [6.45, 7) is 10.3. The van der Waals surface area contributed by atoms with Crippen LogP contribution in [0.3, 0.4) is 0 Å². The van der Waals surface area contributed by atoms with Crippen LogP contribution in [0.4, 0.5) is 0 Å². The molecule has 10 aromatic carbocycles. The fourth-order valence-corrected chi connectivity index (χ4v) is 16.4. The molecule has 0 aliphatic rings. The van der Waals surface area contributed by atoms with Gasteiger partial charge in [0, 0.05) is 131 Å². The Kier molecular flexibility index (Phi) is 11.0. The van der Waals surface area contributed by atoms with Crippen LogP contribution in [-0.2, 0) is 5.41 Å². The van der Waals surface area contributed by atoms with Crippen LogP contribution in [-0.4, -0.2) is 13.2 Å². The predicted molar refractivity (Wildman–Crippen MR) is 325 cm³/mol. The topological polar surface area (TPSA) is 18.5 Å². The first-order valence-electron chi connectivity index (χ1n) is 25.6. The quantitative estimate of drug-likeness (QED) is 0.129. The van der Waals surface area contributed by atoms with Crippen molar-refractivity contribution >= 4 is 126 Å². The Morgan fingerprint density at radius 3 is 0.905 bits per heavy atom. The van der Waals surface area contributed by atoms with Crippen LogP contribution in [0.2, 0.25) is 0 Å². The molecule has 4 aromatic heterocycles. The van der Waals surface area contributed by atoms with Crippen LogP contribution in [0.1, 0.15) is 45.2 Å². The first kappa shape index (κ1) is 45.3. The van der Waals surface area contributed by atoms with E-state index >= 15 is 0 Å². The number of rotatable bonds is 11. The van der Waals surface area contributed by atoms with Gasteiger partial charge in [-0.25, -0.2) is 0 Å². The number of hydrogen-bond acceptors (Lipinski definition) is 6. The molecule has 2 nitrogen and oxygen atoms in total. The van der Waals surface area contributed by atoms with Crippen LogP contribution in [0, 0.1) is 0 Å². The van der Waals surface area contributed by atoms with Crippen molar-refractivity contribution in [2.24, 2.45) is 0 Å². The van der Waals surface area contributed by atoms with Crippen molar-refractivity contribution in [2.45, 2.75) is 39.5 Å². The van der Waals surface area contributed by atoms with Crippen molar-refractivity contribution < 1.29 is 9.47 Å². The summed E-state index contributed by atoms with van der Waals surface area (Å²) in [7, 11) is 0. The maximum Gasteiger partial charge on any atom is 0.135 e. The van der Waals surface area contributed by atoms with E-state index in [1.807, 2.05) is 45.3 Å². The van der Waals surface area contributed by atoms with E-state index in [-0.39, 0.29) is 0 Å². The van der Waals surface area contributed by atoms with Crippen molar-refractivity contribution in [3.63, 3.8) is 0 Å². The van der Waals surface area contributed by atoms with Gasteiger partial charge >= 0.3 is 0 Å². The molecule has 0 saturated heterocycles. The number of ether oxygens (including phenoxy) is 2. The van der Waals surface area contributed by atoms with Gasteiger partial charge < -0.3 is 9.47 Å². The van der Waals surface area contributed by atoms with Gasteiger partial charge in [-0.15, -0.1) is 45.3 Å². The third kappa shape index (κ3) is 7.14. The van der Waals surface area contributed by atoms with E-state index in [4.69, 9.17) is 9.47 Å². The average molecular weight is 1030 g/mol. The van der Waals surface area contributed by atoms with E-state index in [2.05, 4.69) is 222 Å². The normalized spacial score (nSPS) is 12.2. The lowest BCUT2D eigenvalue weighted by atomic mass is 9.74. The Balaban J connectivity index is 1.09. The van der Waals surface area contributed by atoms with Crippen LogP contribution >= 0.6 is 45.3 Å². The lowest BCUT2D eigenvalue weighted by Crippen LogP contribution is -2.20. The molecule has 0 fully saturated rings. The molecule has 0 saturated carbocycles. The zero-order valence-electron chi connectivity index (χ0n) is 41.5. The van der Waals surface area contributed by atoms with Crippen LogP contribution < -0.4 is 9.47 Å². The number of fused-ring (bicyclic) bond motifs is 12. The predicted octanol–water partition coefficient (Wildman–Crippen LogP) is 21.3. The Morgan fingerprint density at radius 2 is 0.608 bits per heavy atom. The number of benzene rings is 10. The second kappa shape index (κ2) is 18.0. The second-order valence-electron chi connectivity index (χ2n) is 19.8. The molecule has 4 heterocycles. The molecule has 74 heavy (non-hydrogen) atoms. The SMILES string of the molecule is CCCOc1c(-c2cccc3c2sc2ccccc23)cc(C(C)(C)c2cc(-c3cccc4c3sc3ccccc34)c(OCC)c(-c3cccc4c3sc3ccccc34)c2)cc1-c1cccc2c1sc1ccccc12. The molecule has 0 spiro atoms. The second-order valence-corrected chi connectivity index (χ2v) is 24.0. The third-order valence-corrected chi connectivity index (χ3v) is 20.0. The third-order valence-electron chi connectivity index (χ3n) is 15.1. The van der Waals surface area contributed by atoms with Gasteiger partial charge in [0.25, 0.3) is 0 Å². The minimum Gasteiger partial charge on any atom is -0.493 e. The zero-order valence-corrected chi connectivity index (χ0v) is 44.8. The minimum atomic E-state index is -0.536. The Bertz CT molecular complexity index is 4270. The molecule has 0 aliphatic carbocycles. The summed E-state index contributed by atoms with van der Waals surface area (Å²) in [6, 6.07) is 72.5. The summed E-state index contributed by atoms with van der Waals surface area (Å²) in [5, 5.41) is 10.2. The Hall–Kier alpha value is -7.32. The maximum absolute atomic E-state index is 7.17. The number of thiophene rings is 4. The summed E-state index contributed by atoms with van der Waals surface area (Å²) in [5.41, 5.74) is 11.1. The molecule has 14 aromatic rings. The van der Waals surface area contributed by atoms with Gasteiger partial charge in [-0.2, -0.15) is 0 Å². The average Bonchev–Trinajstić information content (AvgIpc) is 4.26. The largest absolute Gasteiger partial charge is 0.493 e. The summed E-state index contributed by atoms with van der Waals surface area (Å²) in [5.74, 6) is 1.85. The molecule has 0 N–H and O–H groups in total. The summed E-state index contributed by atoms with van der Waals surface area (Å²) < 4.78 is 24.4. The first-order valence-corrected chi connectivity index (χ1v) is 28.9. The summed E-state index contributed by atoms with van der Waals surface area (Å²) >= 11 is 7.50. The van der Waals surface area contributed by atoms with E-state index in [1.54, 1.807) is 0 Å². The highest BCUT2D eigenvalue weighted by molar-refractivity contribution is 7.27. The number of hydrogen-bond donors (Lipinski definition) is 0. The van der Waals surface area contributed by atoms with E-state index in [9.17, 15) is 0 Å². The highest BCUT2D eigenvalue weighted by Crippen LogP contribution is 2.54. The lowest BCUT2D eigenvalue weighted by Gasteiger charge is -2.31. The van der Waals surface area contributed by atoms with Crippen molar-refractivity contribution in [2.75, 3.05) is 13.2 Å².